The van der Waals surface area contributed by atoms with Crippen molar-refractivity contribution in [3.63, 3.8) is 0 Å². The van der Waals surface area contributed by atoms with Gasteiger partial charge in [-0.25, -0.2) is 0 Å². The Morgan fingerprint density at radius 3 is 1.88 bits per heavy atom. The van der Waals surface area contributed by atoms with E-state index in [4.69, 9.17) is 0 Å². The molecule has 162 valence electrons. The fraction of sp³-hybridized carbons (Fsp3) is 0.0323. The molecule has 0 radical (unpaired) electrons. The number of allylic oxidation sites excluding steroid dienone is 5. The Morgan fingerprint density at radius 2 is 1.21 bits per heavy atom. The Balaban J connectivity index is 1.70. The van der Waals surface area contributed by atoms with Crippen LogP contribution < -0.4 is 20.7 Å². The zero-order valence-corrected chi connectivity index (χ0v) is 19.2. The highest BCUT2D eigenvalue weighted by Gasteiger charge is 2.42. The van der Waals surface area contributed by atoms with Gasteiger partial charge in [0, 0.05) is 34.1 Å². The maximum atomic E-state index is 3.94. The van der Waals surface area contributed by atoms with Crippen LogP contribution in [0.25, 0.3) is 0 Å². The van der Waals surface area contributed by atoms with Crippen molar-refractivity contribution < 1.29 is 0 Å². The van der Waals surface area contributed by atoms with E-state index in [-0.39, 0.29) is 6.71 Å². The van der Waals surface area contributed by atoms with E-state index in [1.807, 2.05) is 6.08 Å². The van der Waals surface area contributed by atoms with Gasteiger partial charge in [0.1, 0.15) is 0 Å². The molecule has 0 spiro atoms. The summed E-state index contributed by atoms with van der Waals surface area (Å²) in [6, 6.07) is 36.8. The Kier molecular flexibility index (Phi) is 4.96. The number of para-hydroxylation sites is 3. The Labute approximate surface area is 201 Å². The van der Waals surface area contributed by atoms with E-state index in [9.17, 15) is 0 Å². The molecule has 0 fully saturated rings. The summed E-state index contributed by atoms with van der Waals surface area (Å²) in [5, 5.41) is 0. The van der Waals surface area contributed by atoms with Crippen molar-refractivity contribution in [2.45, 2.75) is 6.92 Å². The van der Waals surface area contributed by atoms with Gasteiger partial charge in [-0.15, -0.1) is 0 Å². The standard InChI is InChI=1S/C31H25BN2/c1-3-4-18-26-23(2)33(24-14-7-5-8-15-24)29-21-13-22-30-31(29)32(26)27-19-11-12-20-28(27)34(30)25-16-9-6-10-17-25/h3-22H,1H2,2H3/b18-4-. The highest BCUT2D eigenvalue weighted by molar-refractivity contribution is 6.95. The van der Waals surface area contributed by atoms with Gasteiger partial charge in [0.2, 0.25) is 0 Å². The number of benzene rings is 4. The summed E-state index contributed by atoms with van der Waals surface area (Å²) in [5.41, 5.74) is 11.2. The minimum Gasteiger partial charge on any atom is -0.315 e. The third-order valence-corrected chi connectivity index (χ3v) is 6.82. The van der Waals surface area contributed by atoms with Gasteiger partial charge >= 0.3 is 0 Å². The molecule has 2 aliphatic rings. The summed E-state index contributed by atoms with van der Waals surface area (Å²) in [4.78, 5) is 4.80. The molecule has 0 unspecified atom stereocenters. The lowest BCUT2D eigenvalue weighted by atomic mass is 9.33. The van der Waals surface area contributed by atoms with Gasteiger partial charge in [0.25, 0.3) is 6.71 Å². The van der Waals surface area contributed by atoms with Crippen LogP contribution >= 0.6 is 0 Å². The fourth-order valence-electron chi connectivity index (χ4n) is 5.44. The first-order valence-electron chi connectivity index (χ1n) is 11.7. The lowest BCUT2D eigenvalue weighted by Crippen LogP contribution is -2.55. The molecular formula is C31H25BN2. The molecule has 4 aromatic carbocycles. The second kappa shape index (κ2) is 8.28. The topological polar surface area (TPSA) is 6.48 Å². The van der Waals surface area contributed by atoms with Gasteiger partial charge in [0.05, 0.1) is 0 Å². The molecule has 2 aliphatic heterocycles. The minimum atomic E-state index is 0.151. The normalized spacial score (nSPS) is 14.3. The lowest BCUT2D eigenvalue weighted by Gasteiger charge is -2.44. The van der Waals surface area contributed by atoms with Gasteiger partial charge in [-0.3, -0.25) is 0 Å². The average Bonchev–Trinajstić information content (AvgIpc) is 2.89. The number of hydrogen-bond donors (Lipinski definition) is 0. The summed E-state index contributed by atoms with van der Waals surface area (Å²) in [6.45, 7) is 6.32. The van der Waals surface area contributed by atoms with E-state index in [0.717, 1.165) is 0 Å². The van der Waals surface area contributed by atoms with Crippen molar-refractivity contribution in [1.29, 1.82) is 0 Å². The van der Waals surface area contributed by atoms with Crippen molar-refractivity contribution in [3.8, 4) is 0 Å². The summed E-state index contributed by atoms with van der Waals surface area (Å²) in [6.07, 6.45) is 6.15. The number of anilines is 5. The van der Waals surface area contributed by atoms with Gasteiger partial charge in [-0.2, -0.15) is 0 Å². The first-order valence-corrected chi connectivity index (χ1v) is 11.7. The summed E-state index contributed by atoms with van der Waals surface area (Å²) < 4.78 is 0. The summed E-state index contributed by atoms with van der Waals surface area (Å²) >= 11 is 0. The van der Waals surface area contributed by atoms with Crippen LogP contribution in [0.4, 0.5) is 28.4 Å². The van der Waals surface area contributed by atoms with Crippen LogP contribution in [0, 0.1) is 0 Å². The van der Waals surface area contributed by atoms with E-state index in [2.05, 4.69) is 139 Å². The summed E-state index contributed by atoms with van der Waals surface area (Å²) in [5.74, 6) is 0. The molecule has 0 bridgehead atoms. The van der Waals surface area contributed by atoms with Crippen molar-refractivity contribution in [2.75, 3.05) is 9.80 Å². The average molecular weight is 436 g/mol. The molecule has 3 heteroatoms. The van der Waals surface area contributed by atoms with Crippen molar-refractivity contribution >= 4 is 46.1 Å². The van der Waals surface area contributed by atoms with Crippen LogP contribution in [0.15, 0.2) is 139 Å². The van der Waals surface area contributed by atoms with E-state index in [1.165, 1.54) is 50.5 Å². The SMILES string of the molecule is C=C/C=C\C1=C(C)N(c2ccccc2)c2cccc3c2B1c1ccccc1N3c1ccccc1. The molecule has 4 aromatic rings. The molecule has 0 aliphatic carbocycles. The first-order chi connectivity index (χ1) is 16.8. The van der Waals surface area contributed by atoms with E-state index >= 15 is 0 Å². The molecule has 0 saturated carbocycles. The molecule has 2 nitrogen and oxygen atoms in total. The predicted molar refractivity (Wildman–Crippen MR) is 147 cm³/mol. The van der Waals surface area contributed by atoms with Crippen LogP contribution in [0.2, 0.25) is 0 Å². The summed E-state index contributed by atoms with van der Waals surface area (Å²) in [7, 11) is 0. The molecule has 6 rings (SSSR count). The second-order valence-corrected chi connectivity index (χ2v) is 8.68. The zero-order chi connectivity index (χ0) is 23.1. The van der Waals surface area contributed by atoms with Crippen molar-refractivity contribution in [1.82, 2.24) is 0 Å². The molecular weight excluding hydrogens is 411 g/mol. The molecule has 2 heterocycles. The van der Waals surface area contributed by atoms with Crippen LogP contribution in [0.5, 0.6) is 0 Å². The third kappa shape index (κ3) is 3.05. The molecule has 0 saturated heterocycles. The number of rotatable bonds is 4. The molecule has 0 atom stereocenters. The van der Waals surface area contributed by atoms with Crippen LogP contribution in [0.3, 0.4) is 0 Å². The number of fused-ring (bicyclic) bond motifs is 2. The quantitative estimate of drug-likeness (QED) is 0.257. The van der Waals surface area contributed by atoms with E-state index in [1.54, 1.807) is 0 Å². The fourth-order valence-corrected chi connectivity index (χ4v) is 5.44. The molecule has 0 amide bonds. The lowest BCUT2D eigenvalue weighted by molar-refractivity contribution is 1.14. The van der Waals surface area contributed by atoms with Crippen molar-refractivity contribution in [3.05, 3.63) is 139 Å². The maximum Gasteiger partial charge on any atom is 0.251 e. The van der Waals surface area contributed by atoms with Gasteiger partial charge in [-0.05, 0) is 65.8 Å². The minimum absolute atomic E-state index is 0.151. The predicted octanol–water partition coefficient (Wildman–Crippen LogP) is 6.79. The van der Waals surface area contributed by atoms with Gasteiger partial charge in [0.15, 0.2) is 0 Å². The van der Waals surface area contributed by atoms with Gasteiger partial charge < -0.3 is 9.80 Å². The monoisotopic (exact) mass is 436 g/mol. The molecule has 0 aromatic heterocycles. The van der Waals surface area contributed by atoms with Gasteiger partial charge in [-0.1, -0.05) is 85.5 Å². The van der Waals surface area contributed by atoms with Crippen LogP contribution in [-0.2, 0) is 0 Å². The number of nitrogens with zero attached hydrogens (tertiary/aromatic N) is 2. The highest BCUT2D eigenvalue weighted by atomic mass is 15.2. The van der Waals surface area contributed by atoms with Crippen LogP contribution in [0.1, 0.15) is 6.92 Å². The zero-order valence-electron chi connectivity index (χ0n) is 19.2. The maximum absolute atomic E-state index is 3.94. The van der Waals surface area contributed by atoms with Crippen molar-refractivity contribution in [2.24, 2.45) is 0 Å². The Hall–Kier alpha value is -4.24. The second-order valence-electron chi connectivity index (χ2n) is 8.68. The van der Waals surface area contributed by atoms with Crippen LogP contribution in [-0.4, -0.2) is 6.71 Å². The van der Waals surface area contributed by atoms with E-state index < -0.39 is 0 Å². The molecule has 34 heavy (non-hydrogen) atoms. The molecule has 0 N–H and O–H groups in total. The highest BCUT2D eigenvalue weighted by Crippen LogP contribution is 2.43. The first kappa shape index (κ1) is 20.4. The van der Waals surface area contributed by atoms with E-state index in [0.29, 0.717) is 0 Å². The largest absolute Gasteiger partial charge is 0.315 e. The smallest absolute Gasteiger partial charge is 0.251 e. The third-order valence-electron chi connectivity index (χ3n) is 6.82. The number of hydrogen-bond acceptors (Lipinski definition) is 2. The Morgan fingerprint density at radius 1 is 0.647 bits per heavy atom. The Bertz CT molecular complexity index is 1440.